The molecule has 0 radical (unpaired) electrons. The first-order valence-corrected chi connectivity index (χ1v) is 8.15. The Morgan fingerprint density at radius 2 is 2.05 bits per heavy atom. The number of rotatable bonds is 3. The SMILES string of the molecule is CC(C)(C)c1csc(CC(=O)c2cc(Cl)sc2Cl)n1. The van der Waals surface area contributed by atoms with Gasteiger partial charge in [0.25, 0.3) is 0 Å². The summed E-state index contributed by atoms with van der Waals surface area (Å²) in [4.78, 5) is 16.6. The van der Waals surface area contributed by atoms with Crippen LogP contribution in [0.2, 0.25) is 8.67 Å². The van der Waals surface area contributed by atoms with E-state index in [0.717, 1.165) is 10.7 Å². The van der Waals surface area contributed by atoms with Gasteiger partial charge in [0.05, 0.1) is 16.5 Å². The van der Waals surface area contributed by atoms with E-state index in [0.29, 0.717) is 14.2 Å². The molecule has 0 aliphatic rings. The molecule has 2 heterocycles. The number of aromatic nitrogens is 1. The van der Waals surface area contributed by atoms with Crippen molar-refractivity contribution in [3.63, 3.8) is 0 Å². The Balaban J connectivity index is 2.16. The Labute approximate surface area is 130 Å². The van der Waals surface area contributed by atoms with Gasteiger partial charge in [0.2, 0.25) is 0 Å². The van der Waals surface area contributed by atoms with Crippen LogP contribution < -0.4 is 0 Å². The van der Waals surface area contributed by atoms with E-state index in [1.165, 1.54) is 22.7 Å². The molecule has 0 atom stereocenters. The number of carbonyl (C=O) groups is 1. The summed E-state index contributed by atoms with van der Waals surface area (Å²) in [6.07, 6.45) is 0.271. The van der Waals surface area contributed by atoms with Crippen LogP contribution in [-0.2, 0) is 11.8 Å². The number of thiazole rings is 1. The van der Waals surface area contributed by atoms with Gasteiger partial charge in [-0.2, -0.15) is 0 Å². The minimum atomic E-state index is -0.0389. The number of hydrogen-bond donors (Lipinski definition) is 0. The second-order valence-electron chi connectivity index (χ2n) is 5.21. The highest BCUT2D eigenvalue weighted by Gasteiger charge is 2.20. The van der Waals surface area contributed by atoms with Crippen LogP contribution in [0.25, 0.3) is 0 Å². The maximum Gasteiger partial charge on any atom is 0.172 e. The molecule has 0 N–H and O–H groups in total. The average Bonchev–Trinajstić information content (AvgIpc) is 2.84. The molecule has 0 fully saturated rings. The van der Waals surface area contributed by atoms with Crippen molar-refractivity contribution in [3.8, 4) is 0 Å². The molecular formula is C13H13Cl2NOS2. The molecule has 0 unspecified atom stereocenters. The lowest BCUT2D eigenvalue weighted by Gasteiger charge is -2.14. The molecule has 0 bridgehead atoms. The van der Waals surface area contributed by atoms with Crippen LogP contribution in [0.4, 0.5) is 0 Å². The average molecular weight is 334 g/mol. The molecule has 0 amide bonds. The third kappa shape index (κ3) is 3.57. The maximum absolute atomic E-state index is 12.1. The van der Waals surface area contributed by atoms with E-state index >= 15 is 0 Å². The number of halogens is 2. The summed E-state index contributed by atoms with van der Waals surface area (Å²) in [5.74, 6) is -0.0389. The summed E-state index contributed by atoms with van der Waals surface area (Å²) in [5.41, 5.74) is 1.50. The van der Waals surface area contributed by atoms with Crippen molar-refractivity contribution < 1.29 is 4.79 Å². The van der Waals surface area contributed by atoms with E-state index in [9.17, 15) is 4.79 Å². The molecule has 19 heavy (non-hydrogen) atoms. The summed E-state index contributed by atoms with van der Waals surface area (Å²) in [6, 6.07) is 1.62. The normalized spacial score (nSPS) is 11.8. The quantitative estimate of drug-likeness (QED) is 0.719. The summed E-state index contributed by atoms with van der Waals surface area (Å²) in [6.45, 7) is 6.30. The van der Waals surface area contributed by atoms with Crippen LogP contribution in [0, 0.1) is 0 Å². The van der Waals surface area contributed by atoms with Gasteiger partial charge in [0.15, 0.2) is 5.78 Å². The highest BCUT2D eigenvalue weighted by molar-refractivity contribution is 7.20. The van der Waals surface area contributed by atoms with Crippen LogP contribution >= 0.6 is 45.9 Å². The lowest BCUT2D eigenvalue weighted by molar-refractivity contribution is 0.0993. The molecule has 0 aliphatic carbocycles. The molecule has 102 valence electrons. The van der Waals surface area contributed by atoms with Crippen molar-refractivity contribution in [2.75, 3.05) is 0 Å². The second kappa shape index (κ2) is 5.52. The summed E-state index contributed by atoms with van der Waals surface area (Å²) in [7, 11) is 0. The first kappa shape index (κ1) is 15.0. The maximum atomic E-state index is 12.1. The highest BCUT2D eigenvalue weighted by Crippen LogP contribution is 2.32. The van der Waals surface area contributed by atoms with Crippen LogP contribution in [0.3, 0.4) is 0 Å². The topological polar surface area (TPSA) is 30.0 Å². The Bertz CT molecular complexity index is 610. The lowest BCUT2D eigenvalue weighted by Crippen LogP contribution is -2.12. The van der Waals surface area contributed by atoms with Crippen LogP contribution in [0.15, 0.2) is 11.4 Å². The number of Topliss-reactive ketones (excluding diaryl/α,β-unsaturated/α-hetero) is 1. The van der Waals surface area contributed by atoms with Gasteiger partial charge < -0.3 is 0 Å². The minimum Gasteiger partial charge on any atom is -0.294 e. The standard InChI is InChI=1S/C13H13Cl2NOS2/c1-13(2,3)9-6-18-11(16-9)5-8(17)7-4-10(14)19-12(7)15/h4,6H,5H2,1-3H3. The monoisotopic (exact) mass is 333 g/mol. The van der Waals surface area contributed by atoms with Crippen molar-refractivity contribution in [1.82, 2.24) is 4.98 Å². The molecule has 2 aromatic heterocycles. The molecule has 6 heteroatoms. The van der Waals surface area contributed by atoms with Gasteiger partial charge in [-0.3, -0.25) is 4.79 Å². The molecule has 0 saturated carbocycles. The summed E-state index contributed by atoms with van der Waals surface area (Å²) >= 11 is 14.5. The van der Waals surface area contributed by atoms with Crippen molar-refractivity contribution in [1.29, 1.82) is 0 Å². The van der Waals surface area contributed by atoms with Gasteiger partial charge in [-0.15, -0.1) is 22.7 Å². The van der Waals surface area contributed by atoms with Crippen LogP contribution in [-0.4, -0.2) is 10.8 Å². The zero-order valence-electron chi connectivity index (χ0n) is 10.8. The second-order valence-corrected chi connectivity index (χ2v) is 8.44. The number of hydrogen-bond acceptors (Lipinski definition) is 4. The van der Waals surface area contributed by atoms with Crippen LogP contribution in [0.5, 0.6) is 0 Å². The molecular weight excluding hydrogens is 321 g/mol. The predicted molar refractivity (Wildman–Crippen MR) is 83.2 cm³/mol. The number of nitrogens with zero attached hydrogens (tertiary/aromatic N) is 1. The molecule has 2 nitrogen and oxygen atoms in total. The Morgan fingerprint density at radius 3 is 2.53 bits per heavy atom. The fourth-order valence-corrected chi connectivity index (χ4v) is 4.02. The zero-order chi connectivity index (χ0) is 14.2. The van der Waals surface area contributed by atoms with E-state index < -0.39 is 0 Å². The van der Waals surface area contributed by atoms with Gasteiger partial charge in [-0.05, 0) is 6.07 Å². The van der Waals surface area contributed by atoms with Gasteiger partial charge in [-0.25, -0.2) is 4.98 Å². The Morgan fingerprint density at radius 1 is 1.37 bits per heavy atom. The van der Waals surface area contributed by atoms with Crippen molar-refractivity contribution >= 4 is 51.7 Å². The molecule has 2 rings (SSSR count). The Hall–Kier alpha value is -0.420. The first-order valence-electron chi connectivity index (χ1n) is 5.70. The largest absolute Gasteiger partial charge is 0.294 e. The fourth-order valence-electron chi connectivity index (χ4n) is 1.50. The third-order valence-electron chi connectivity index (χ3n) is 2.59. The first-order chi connectivity index (χ1) is 8.77. The smallest absolute Gasteiger partial charge is 0.172 e. The number of thiophene rings is 1. The Kier molecular flexibility index (Phi) is 4.35. The van der Waals surface area contributed by atoms with Gasteiger partial charge in [0, 0.05) is 16.4 Å². The predicted octanol–water partition coefficient (Wildman–Crippen LogP) is 5.23. The van der Waals surface area contributed by atoms with E-state index in [2.05, 4.69) is 25.8 Å². The van der Waals surface area contributed by atoms with Crippen molar-refractivity contribution in [3.05, 3.63) is 36.4 Å². The lowest BCUT2D eigenvalue weighted by atomic mass is 9.93. The van der Waals surface area contributed by atoms with Gasteiger partial charge in [-0.1, -0.05) is 44.0 Å². The summed E-state index contributed by atoms with van der Waals surface area (Å²) < 4.78 is 0.977. The number of ketones is 1. The minimum absolute atomic E-state index is 0.00112. The zero-order valence-corrected chi connectivity index (χ0v) is 13.9. The fraction of sp³-hybridized carbons (Fsp3) is 0.385. The van der Waals surface area contributed by atoms with E-state index in [-0.39, 0.29) is 17.6 Å². The van der Waals surface area contributed by atoms with Gasteiger partial charge in [0.1, 0.15) is 9.34 Å². The number of carbonyl (C=O) groups excluding carboxylic acids is 1. The summed E-state index contributed by atoms with van der Waals surface area (Å²) in [5, 5.41) is 2.82. The molecule has 0 aliphatic heterocycles. The molecule has 0 aromatic carbocycles. The molecule has 0 spiro atoms. The van der Waals surface area contributed by atoms with Crippen molar-refractivity contribution in [2.24, 2.45) is 0 Å². The molecule has 2 aromatic rings. The van der Waals surface area contributed by atoms with E-state index in [1.54, 1.807) is 6.07 Å². The highest BCUT2D eigenvalue weighted by atomic mass is 35.5. The van der Waals surface area contributed by atoms with Crippen molar-refractivity contribution in [2.45, 2.75) is 32.6 Å². The molecule has 0 saturated heterocycles. The van der Waals surface area contributed by atoms with Crippen LogP contribution in [0.1, 0.15) is 41.8 Å². The van der Waals surface area contributed by atoms with E-state index in [4.69, 9.17) is 23.2 Å². The third-order valence-corrected chi connectivity index (χ3v) is 4.93. The van der Waals surface area contributed by atoms with Gasteiger partial charge >= 0.3 is 0 Å². The van der Waals surface area contributed by atoms with E-state index in [1.807, 2.05) is 5.38 Å².